The zero-order valence-electron chi connectivity index (χ0n) is 8.51. The molecule has 0 atom stereocenters. The smallest absolute Gasteiger partial charge is 0.371 e. The quantitative estimate of drug-likeness (QED) is 0.886. The molecule has 0 saturated heterocycles. The van der Waals surface area contributed by atoms with Crippen molar-refractivity contribution in [1.29, 1.82) is 0 Å². The molecule has 4 nitrogen and oxygen atoms in total. The molecule has 5 heteroatoms. The average Bonchev–Trinajstić information content (AvgIpc) is 2.66. The van der Waals surface area contributed by atoms with Crippen LogP contribution in [-0.4, -0.2) is 16.1 Å². The van der Waals surface area contributed by atoms with Crippen LogP contribution < -0.4 is 0 Å². The van der Waals surface area contributed by atoms with E-state index < -0.39 is 5.97 Å². The molecule has 2 rings (SSSR count). The van der Waals surface area contributed by atoms with Gasteiger partial charge in [-0.2, -0.15) is 0 Å². The predicted molar refractivity (Wildman–Crippen MR) is 58.8 cm³/mol. The summed E-state index contributed by atoms with van der Waals surface area (Å²) in [5, 5.41) is 10.00. The lowest BCUT2D eigenvalue weighted by Crippen LogP contribution is -1.91. The Hall–Kier alpha value is -1.75. The Kier molecular flexibility index (Phi) is 2.96. The summed E-state index contributed by atoms with van der Waals surface area (Å²) in [6, 6.07) is 6.86. The summed E-state index contributed by atoms with van der Waals surface area (Å²) in [4.78, 5) is 14.7. The van der Waals surface area contributed by atoms with Crippen LogP contribution in [0.25, 0.3) is 0 Å². The maximum absolute atomic E-state index is 10.6. The Balaban J connectivity index is 2.17. The third-order valence-corrected chi connectivity index (χ3v) is 2.74. The van der Waals surface area contributed by atoms with Gasteiger partial charge in [-0.1, -0.05) is 0 Å². The molecule has 0 saturated carbocycles. The molecule has 0 amide bonds. The van der Waals surface area contributed by atoms with Crippen molar-refractivity contribution < 1.29 is 14.3 Å². The van der Waals surface area contributed by atoms with E-state index in [9.17, 15) is 4.79 Å². The first-order valence-electron chi connectivity index (χ1n) is 4.59. The van der Waals surface area contributed by atoms with Crippen LogP contribution in [0.5, 0.6) is 0 Å². The molecule has 82 valence electrons. The highest BCUT2D eigenvalue weighted by atomic mass is 32.2. The van der Waals surface area contributed by atoms with Gasteiger partial charge in [0, 0.05) is 6.20 Å². The lowest BCUT2D eigenvalue weighted by Gasteiger charge is -1.97. The van der Waals surface area contributed by atoms with E-state index in [0.717, 1.165) is 10.6 Å². The average molecular weight is 235 g/mol. The molecule has 2 aromatic heterocycles. The number of rotatable bonds is 3. The van der Waals surface area contributed by atoms with E-state index in [-0.39, 0.29) is 5.76 Å². The van der Waals surface area contributed by atoms with E-state index in [0.29, 0.717) is 5.09 Å². The minimum Gasteiger partial charge on any atom is -0.475 e. The molecule has 0 aromatic carbocycles. The summed E-state index contributed by atoms with van der Waals surface area (Å²) in [7, 11) is 0. The van der Waals surface area contributed by atoms with Crippen LogP contribution in [0.15, 0.2) is 45.0 Å². The first-order valence-corrected chi connectivity index (χ1v) is 5.40. The maximum atomic E-state index is 10.6. The molecule has 16 heavy (non-hydrogen) atoms. The number of hydrogen-bond donors (Lipinski definition) is 1. The van der Waals surface area contributed by atoms with Gasteiger partial charge in [-0.05, 0) is 48.5 Å². The number of furan rings is 1. The molecule has 2 heterocycles. The van der Waals surface area contributed by atoms with E-state index in [4.69, 9.17) is 9.52 Å². The normalized spacial score (nSPS) is 10.3. The molecule has 0 spiro atoms. The van der Waals surface area contributed by atoms with Crippen LogP contribution >= 0.6 is 11.8 Å². The van der Waals surface area contributed by atoms with Gasteiger partial charge in [-0.15, -0.1) is 0 Å². The molecule has 0 aliphatic rings. The molecule has 0 radical (unpaired) electrons. The molecule has 0 fully saturated rings. The molecule has 2 aromatic rings. The van der Waals surface area contributed by atoms with Crippen molar-refractivity contribution >= 4 is 17.7 Å². The van der Waals surface area contributed by atoms with Gasteiger partial charge in [0.05, 0.1) is 0 Å². The molecule has 0 bridgehead atoms. The van der Waals surface area contributed by atoms with Gasteiger partial charge in [0.1, 0.15) is 5.03 Å². The van der Waals surface area contributed by atoms with E-state index in [2.05, 4.69) is 4.98 Å². The van der Waals surface area contributed by atoms with E-state index in [1.807, 2.05) is 19.1 Å². The third-order valence-electron chi connectivity index (χ3n) is 1.89. The zero-order chi connectivity index (χ0) is 11.5. The highest BCUT2D eigenvalue weighted by Gasteiger charge is 2.10. The van der Waals surface area contributed by atoms with Gasteiger partial charge in [0.2, 0.25) is 5.76 Å². The van der Waals surface area contributed by atoms with Crippen molar-refractivity contribution in [1.82, 2.24) is 4.98 Å². The topological polar surface area (TPSA) is 63.3 Å². The molecular formula is C11H9NO3S. The number of carbonyl (C=O) groups is 1. The highest BCUT2D eigenvalue weighted by Crippen LogP contribution is 2.27. The summed E-state index contributed by atoms with van der Waals surface area (Å²) in [5.74, 6) is -1.13. The number of aromatic carboxylic acids is 1. The number of pyridine rings is 1. The monoisotopic (exact) mass is 235 g/mol. The molecular weight excluding hydrogens is 226 g/mol. The summed E-state index contributed by atoms with van der Waals surface area (Å²) >= 11 is 1.30. The highest BCUT2D eigenvalue weighted by molar-refractivity contribution is 7.99. The van der Waals surface area contributed by atoms with Gasteiger partial charge in [-0.25, -0.2) is 9.78 Å². The number of aromatic nitrogens is 1. The van der Waals surface area contributed by atoms with E-state index in [1.165, 1.54) is 17.8 Å². The first kappa shape index (κ1) is 10.8. The second-order valence-corrected chi connectivity index (χ2v) is 4.22. The summed E-state index contributed by atoms with van der Waals surface area (Å²) < 4.78 is 5.11. The van der Waals surface area contributed by atoms with Crippen LogP contribution in [0.2, 0.25) is 0 Å². The summed E-state index contributed by atoms with van der Waals surface area (Å²) in [6.07, 6.45) is 1.71. The fourth-order valence-corrected chi connectivity index (χ4v) is 1.99. The van der Waals surface area contributed by atoms with Gasteiger partial charge < -0.3 is 9.52 Å². The van der Waals surface area contributed by atoms with Gasteiger partial charge in [0.15, 0.2) is 5.09 Å². The lowest BCUT2D eigenvalue weighted by atomic mass is 10.3. The Morgan fingerprint density at radius 2 is 2.25 bits per heavy atom. The molecule has 0 aliphatic heterocycles. The summed E-state index contributed by atoms with van der Waals surface area (Å²) in [5.41, 5.74) is 1.10. The molecule has 0 unspecified atom stereocenters. The van der Waals surface area contributed by atoms with Crippen molar-refractivity contribution in [3.63, 3.8) is 0 Å². The Morgan fingerprint density at radius 1 is 1.44 bits per heavy atom. The molecule has 0 aliphatic carbocycles. The van der Waals surface area contributed by atoms with Crippen LogP contribution in [-0.2, 0) is 0 Å². The largest absolute Gasteiger partial charge is 0.475 e. The lowest BCUT2D eigenvalue weighted by molar-refractivity contribution is 0.0656. The first-order chi connectivity index (χ1) is 7.65. The van der Waals surface area contributed by atoms with Gasteiger partial charge in [-0.3, -0.25) is 0 Å². The van der Waals surface area contributed by atoms with Gasteiger partial charge in [0.25, 0.3) is 0 Å². The van der Waals surface area contributed by atoms with E-state index >= 15 is 0 Å². The Bertz CT molecular complexity index is 521. The van der Waals surface area contributed by atoms with Gasteiger partial charge >= 0.3 is 5.97 Å². The minimum atomic E-state index is -1.07. The van der Waals surface area contributed by atoms with Crippen molar-refractivity contribution in [2.45, 2.75) is 17.0 Å². The van der Waals surface area contributed by atoms with Crippen LogP contribution in [0.3, 0.4) is 0 Å². The van der Waals surface area contributed by atoms with Crippen LogP contribution in [0.4, 0.5) is 0 Å². The number of carboxylic acids is 1. The number of hydrogen-bond acceptors (Lipinski definition) is 4. The number of nitrogens with zero attached hydrogens (tertiary/aromatic N) is 1. The number of carboxylic acid groups (broad SMARTS) is 1. The van der Waals surface area contributed by atoms with Crippen molar-refractivity contribution in [3.05, 3.63) is 41.8 Å². The Morgan fingerprint density at radius 3 is 2.88 bits per heavy atom. The van der Waals surface area contributed by atoms with Crippen LogP contribution in [0.1, 0.15) is 16.1 Å². The predicted octanol–water partition coefficient (Wildman–Crippen LogP) is 2.83. The minimum absolute atomic E-state index is 0.0600. The Labute approximate surface area is 96.3 Å². The van der Waals surface area contributed by atoms with Crippen molar-refractivity contribution in [2.75, 3.05) is 0 Å². The maximum Gasteiger partial charge on any atom is 0.371 e. The fourth-order valence-electron chi connectivity index (χ4n) is 1.16. The molecule has 1 N–H and O–H groups in total. The zero-order valence-corrected chi connectivity index (χ0v) is 9.32. The SMILES string of the molecule is Cc1ccnc(Sc2ccc(C(=O)O)o2)c1. The standard InChI is InChI=1S/C11H9NO3S/c1-7-4-5-12-9(6-7)16-10-3-2-8(15-10)11(13)14/h2-6H,1H3,(H,13,14). The van der Waals surface area contributed by atoms with Crippen LogP contribution in [0, 0.1) is 6.92 Å². The summed E-state index contributed by atoms with van der Waals surface area (Å²) in [6.45, 7) is 1.97. The van der Waals surface area contributed by atoms with Crippen molar-refractivity contribution in [2.24, 2.45) is 0 Å². The van der Waals surface area contributed by atoms with E-state index in [1.54, 1.807) is 12.3 Å². The second kappa shape index (κ2) is 4.40. The fraction of sp³-hybridized carbons (Fsp3) is 0.0909. The second-order valence-electron chi connectivity index (χ2n) is 3.20. The third kappa shape index (κ3) is 2.43. The van der Waals surface area contributed by atoms with Crippen molar-refractivity contribution in [3.8, 4) is 0 Å². The number of aryl methyl sites for hydroxylation is 1.